The van der Waals surface area contributed by atoms with Gasteiger partial charge in [-0.1, -0.05) is 24.6 Å². The van der Waals surface area contributed by atoms with E-state index in [1.165, 1.54) is 18.4 Å². The van der Waals surface area contributed by atoms with Crippen molar-refractivity contribution in [2.75, 3.05) is 6.61 Å². The van der Waals surface area contributed by atoms with Gasteiger partial charge in [0.1, 0.15) is 5.75 Å². The molecule has 4 atom stereocenters. The molecular formula is C21H30O3. The van der Waals surface area contributed by atoms with Crippen LogP contribution in [0.2, 0.25) is 0 Å². The van der Waals surface area contributed by atoms with Crippen LogP contribution in [0.5, 0.6) is 5.75 Å². The summed E-state index contributed by atoms with van der Waals surface area (Å²) in [5, 5.41) is 0. The Kier molecular flexibility index (Phi) is 5.94. The van der Waals surface area contributed by atoms with Gasteiger partial charge in [0, 0.05) is 6.61 Å². The number of ether oxygens (including phenoxy) is 2. The van der Waals surface area contributed by atoms with Gasteiger partial charge in [0.25, 0.3) is 0 Å². The van der Waals surface area contributed by atoms with Crippen LogP contribution in [-0.4, -0.2) is 18.7 Å². The Bertz CT molecular complexity index is 537. The summed E-state index contributed by atoms with van der Waals surface area (Å²) in [5.41, 5.74) is 1.18. The van der Waals surface area contributed by atoms with Crippen molar-refractivity contribution in [3.05, 3.63) is 29.8 Å². The third-order valence-electron chi connectivity index (χ3n) is 5.70. The largest absolute Gasteiger partial charge is 0.426 e. The second-order valence-electron chi connectivity index (χ2n) is 7.57. The number of aryl methyl sites for hydroxylation is 1. The number of hydrogen-bond acceptors (Lipinski definition) is 3. The number of fused-ring (bicyclic) bond motifs is 1. The van der Waals surface area contributed by atoms with Gasteiger partial charge in [0.2, 0.25) is 0 Å². The van der Waals surface area contributed by atoms with E-state index >= 15 is 0 Å². The van der Waals surface area contributed by atoms with E-state index in [1.807, 2.05) is 31.2 Å². The lowest BCUT2D eigenvalue weighted by molar-refractivity contribution is -0.141. The van der Waals surface area contributed by atoms with Gasteiger partial charge in [-0.15, -0.1) is 0 Å². The zero-order valence-corrected chi connectivity index (χ0v) is 15.0. The molecular weight excluding hydrogens is 300 g/mol. The van der Waals surface area contributed by atoms with Crippen LogP contribution in [0, 0.1) is 24.7 Å². The maximum Gasteiger partial charge on any atom is 0.314 e. The molecule has 0 bridgehead atoms. The molecule has 0 heterocycles. The molecule has 2 saturated carbocycles. The van der Waals surface area contributed by atoms with Gasteiger partial charge in [-0.05, 0) is 75.8 Å². The van der Waals surface area contributed by atoms with Crippen LogP contribution in [0.3, 0.4) is 0 Å². The Balaban J connectivity index is 1.50. The van der Waals surface area contributed by atoms with Crippen molar-refractivity contribution >= 4 is 5.97 Å². The quantitative estimate of drug-likeness (QED) is 0.568. The molecule has 2 fully saturated rings. The molecule has 0 spiro atoms. The molecule has 0 amide bonds. The fourth-order valence-electron chi connectivity index (χ4n) is 4.30. The fraction of sp³-hybridized carbons (Fsp3) is 0.667. The van der Waals surface area contributed by atoms with Crippen molar-refractivity contribution in [1.29, 1.82) is 0 Å². The fourth-order valence-corrected chi connectivity index (χ4v) is 4.30. The number of benzene rings is 1. The third kappa shape index (κ3) is 4.38. The summed E-state index contributed by atoms with van der Waals surface area (Å²) in [6.07, 6.45) is 8.19. The van der Waals surface area contributed by atoms with Gasteiger partial charge < -0.3 is 9.47 Å². The van der Waals surface area contributed by atoms with Crippen molar-refractivity contribution in [3.63, 3.8) is 0 Å². The van der Waals surface area contributed by atoms with Crippen LogP contribution in [0.15, 0.2) is 24.3 Å². The smallest absolute Gasteiger partial charge is 0.314 e. The average Bonchev–Trinajstić information content (AvgIpc) is 2.61. The van der Waals surface area contributed by atoms with Gasteiger partial charge in [0.15, 0.2) is 0 Å². The van der Waals surface area contributed by atoms with E-state index in [4.69, 9.17) is 9.47 Å². The number of carbonyl (C=O) groups is 1. The van der Waals surface area contributed by atoms with Crippen LogP contribution in [0.4, 0.5) is 0 Å². The molecule has 2 aliphatic carbocycles. The van der Waals surface area contributed by atoms with Crippen molar-refractivity contribution in [2.24, 2.45) is 17.8 Å². The first-order valence-corrected chi connectivity index (χ1v) is 9.55. The molecule has 0 aliphatic heterocycles. The summed E-state index contributed by atoms with van der Waals surface area (Å²) in [7, 11) is 0. The minimum Gasteiger partial charge on any atom is -0.426 e. The first kappa shape index (κ1) is 17.5. The lowest BCUT2D eigenvalue weighted by Crippen LogP contribution is -2.37. The maximum absolute atomic E-state index is 12.5. The van der Waals surface area contributed by atoms with Crippen molar-refractivity contribution < 1.29 is 14.3 Å². The molecule has 3 heteroatoms. The van der Waals surface area contributed by atoms with Crippen LogP contribution in [0.1, 0.15) is 57.4 Å². The molecule has 3 rings (SSSR count). The molecule has 1 aromatic carbocycles. The van der Waals surface area contributed by atoms with E-state index < -0.39 is 0 Å². The van der Waals surface area contributed by atoms with Gasteiger partial charge in [-0.25, -0.2) is 0 Å². The standard InChI is InChI=1S/C21H30O3/c1-3-12-23-20-11-8-16-13-18(7-6-17(16)14-20)21(22)24-19-9-4-15(2)5-10-19/h4-5,9-10,16-18,20H,3,6-8,11-14H2,1-2H3/t16?,17-,18-,20?/m1/s1. The van der Waals surface area contributed by atoms with E-state index in [1.54, 1.807) is 0 Å². The van der Waals surface area contributed by atoms with Crippen LogP contribution >= 0.6 is 0 Å². The van der Waals surface area contributed by atoms with E-state index in [0.717, 1.165) is 44.6 Å². The highest BCUT2D eigenvalue weighted by Crippen LogP contribution is 2.43. The van der Waals surface area contributed by atoms with Crippen LogP contribution < -0.4 is 4.74 Å². The van der Waals surface area contributed by atoms with Gasteiger partial charge >= 0.3 is 5.97 Å². The molecule has 24 heavy (non-hydrogen) atoms. The minimum atomic E-state index is -0.0401. The molecule has 1 aromatic rings. The first-order chi connectivity index (χ1) is 11.7. The van der Waals surface area contributed by atoms with Crippen molar-refractivity contribution in [2.45, 2.75) is 64.9 Å². The van der Waals surface area contributed by atoms with E-state index in [-0.39, 0.29) is 11.9 Å². The van der Waals surface area contributed by atoms with Gasteiger partial charge in [-0.3, -0.25) is 4.79 Å². The molecule has 0 N–H and O–H groups in total. The average molecular weight is 330 g/mol. The van der Waals surface area contributed by atoms with E-state index in [9.17, 15) is 4.79 Å². The number of hydrogen-bond donors (Lipinski definition) is 0. The molecule has 0 saturated heterocycles. The van der Waals surface area contributed by atoms with Crippen molar-refractivity contribution in [1.82, 2.24) is 0 Å². The summed E-state index contributed by atoms with van der Waals surface area (Å²) in [6.45, 7) is 5.08. The predicted octanol–water partition coefficient (Wildman–Crippen LogP) is 4.91. The highest BCUT2D eigenvalue weighted by atomic mass is 16.5. The topological polar surface area (TPSA) is 35.5 Å². The predicted molar refractivity (Wildman–Crippen MR) is 95.0 cm³/mol. The second-order valence-corrected chi connectivity index (χ2v) is 7.57. The Morgan fingerprint density at radius 2 is 1.75 bits per heavy atom. The van der Waals surface area contributed by atoms with E-state index in [2.05, 4.69) is 6.92 Å². The van der Waals surface area contributed by atoms with Gasteiger partial charge in [-0.2, -0.15) is 0 Å². The monoisotopic (exact) mass is 330 g/mol. The summed E-state index contributed by atoms with van der Waals surface area (Å²) in [6, 6.07) is 7.73. The minimum absolute atomic E-state index is 0.0401. The highest BCUT2D eigenvalue weighted by molar-refractivity contribution is 5.75. The third-order valence-corrected chi connectivity index (χ3v) is 5.70. The molecule has 0 aromatic heterocycles. The molecule has 0 radical (unpaired) electrons. The normalized spacial score (nSPS) is 29.8. The molecule has 132 valence electrons. The zero-order valence-electron chi connectivity index (χ0n) is 15.0. The summed E-state index contributed by atoms with van der Waals surface area (Å²) in [5.74, 6) is 2.12. The Labute approximate surface area is 145 Å². The highest BCUT2D eigenvalue weighted by Gasteiger charge is 2.38. The number of rotatable bonds is 5. The first-order valence-electron chi connectivity index (χ1n) is 9.55. The van der Waals surface area contributed by atoms with Crippen molar-refractivity contribution in [3.8, 4) is 5.75 Å². The summed E-state index contributed by atoms with van der Waals surface area (Å²) >= 11 is 0. The number of esters is 1. The molecule has 3 nitrogen and oxygen atoms in total. The summed E-state index contributed by atoms with van der Waals surface area (Å²) in [4.78, 5) is 12.5. The maximum atomic E-state index is 12.5. The lowest BCUT2D eigenvalue weighted by atomic mass is 9.67. The SMILES string of the molecule is CCCOC1CCC2C[C@H](C(=O)Oc3ccc(C)cc3)CC[C@@H]2C1. The second kappa shape index (κ2) is 8.15. The Morgan fingerprint density at radius 3 is 2.50 bits per heavy atom. The lowest BCUT2D eigenvalue weighted by Gasteiger charge is -2.41. The van der Waals surface area contributed by atoms with Gasteiger partial charge in [0.05, 0.1) is 12.0 Å². The molecule has 2 aliphatic rings. The zero-order chi connectivity index (χ0) is 16.9. The molecule has 2 unspecified atom stereocenters. The Hall–Kier alpha value is -1.35. The Morgan fingerprint density at radius 1 is 1.04 bits per heavy atom. The number of carbonyl (C=O) groups excluding carboxylic acids is 1. The van der Waals surface area contributed by atoms with Crippen LogP contribution in [-0.2, 0) is 9.53 Å². The van der Waals surface area contributed by atoms with Crippen LogP contribution in [0.25, 0.3) is 0 Å². The summed E-state index contributed by atoms with van der Waals surface area (Å²) < 4.78 is 11.6. The van der Waals surface area contributed by atoms with E-state index in [0.29, 0.717) is 17.8 Å².